The number of nitrogens with one attached hydrogen (secondary N) is 1. The second-order valence-electron chi connectivity index (χ2n) is 15.5. The van der Waals surface area contributed by atoms with Gasteiger partial charge in [0.1, 0.15) is 41.0 Å². The van der Waals surface area contributed by atoms with Crippen molar-refractivity contribution in [3.63, 3.8) is 0 Å². The van der Waals surface area contributed by atoms with E-state index in [1.54, 1.807) is 63.3 Å². The van der Waals surface area contributed by atoms with E-state index in [9.17, 15) is 9.59 Å². The lowest BCUT2D eigenvalue weighted by Gasteiger charge is -2.32. The van der Waals surface area contributed by atoms with E-state index in [1.807, 2.05) is 113 Å². The van der Waals surface area contributed by atoms with Crippen LogP contribution in [0.1, 0.15) is 61.5 Å². The lowest BCUT2D eigenvalue weighted by molar-refractivity contribution is 0.00578. The topological polar surface area (TPSA) is 160 Å². The first kappa shape index (κ1) is 47.5. The van der Waals surface area contributed by atoms with Crippen molar-refractivity contribution in [2.45, 2.75) is 52.7 Å². The van der Waals surface area contributed by atoms with Crippen LogP contribution in [0.2, 0.25) is 0 Å². The SMILES string of the molecule is C.CC1(C)OB(c2ccc(C(=O)Nc3ccccn3)cc2)OC1(C)C.COc1ccc(-c2ccc(C(=O)Cc3ccccn3)cc2)c2cncnc12.COc1ccc(Br)c2cncnc12. The summed E-state index contributed by atoms with van der Waals surface area (Å²) in [6.07, 6.45) is 10.2. The van der Waals surface area contributed by atoms with Crippen LogP contribution in [0.15, 0.2) is 151 Å². The van der Waals surface area contributed by atoms with Crippen LogP contribution in [-0.4, -0.2) is 74.1 Å². The maximum atomic E-state index is 12.5. The minimum Gasteiger partial charge on any atom is -0.494 e. The van der Waals surface area contributed by atoms with E-state index in [0.29, 0.717) is 29.1 Å². The second-order valence-corrected chi connectivity index (χ2v) is 16.4. The van der Waals surface area contributed by atoms with Gasteiger partial charge in [-0.2, -0.15) is 0 Å². The third-order valence-electron chi connectivity index (χ3n) is 10.9. The molecule has 1 aliphatic heterocycles. The fourth-order valence-electron chi connectivity index (χ4n) is 6.65. The van der Waals surface area contributed by atoms with Crippen LogP contribution >= 0.6 is 15.9 Å². The Morgan fingerprint density at radius 1 is 0.662 bits per heavy atom. The zero-order chi connectivity index (χ0) is 45.3. The molecule has 5 heterocycles. The van der Waals surface area contributed by atoms with Gasteiger partial charge < -0.3 is 24.1 Å². The highest BCUT2D eigenvalue weighted by Crippen LogP contribution is 2.37. The van der Waals surface area contributed by atoms with Gasteiger partial charge in [0.2, 0.25) is 0 Å². The second kappa shape index (κ2) is 21.2. The first-order chi connectivity index (χ1) is 30.9. The summed E-state index contributed by atoms with van der Waals surface area (Å²) in [4.78, 5) is 49.6. The number of rotatable bonds is 9. The summed E-state index contributed by atoms with van der Waals surface area (Å²) in [5.41, 5.74) is 5.70. The Balaban J connectivity index is 0.000000169. The van der Waals surface area contributed by atoms with E-state index in [2.05, 4.69) is 51.2 Å². The summed E-state index contributed by atoms with van der Waals surface area (Å²) in [5.74, 6) is 1.84. The van der Waals surface area contributed by atoms with Gasteiger partial charge in [0.25, 0.3) is 5.91 Å². The number of hydrogen-bond acceptors (Lipinski definition) is 12. The third-order valence-corrected chi connectivity index (χ3v) is 11.5. The normalized spacial score (nSPS) is 13.3. The van der Waals surface area contributed by atoms with Crippen LogP contribution in [0.5, 0.6) is 11.5 Å². The smallest absolute Gasteiger partial charge is 0.494 e. The molecule has 0 aliphatic carbocycles. The summed E-state index contributed by atoms with van der Waals surface area (Å²) in [6, 6.07) is 33.4. The molecule has 65 heavy (non-hydrogen) atoms. The van der Waals surface area contributed by atoms with E-state index in [-0.39, 0.29) is 30.3 Å². The van der Waals surface area contributed by atoms with Crippen LogP contribution in [0, 0.1) is 0 Å². The average molecular weight is 935 g/mol. The Hall–Kier alpha value is -6.94. The van der Waals surface area contributed by atoms with Crippen LogP contribution in [-0.2, 0) is 15.7 Å². The maximum Gasteiger partial charge on any atom is 0.494 e. The third kappa shape index (κ3) is 11.2. The Bertz CT molecular complexity index is 2860. The number of aromatic nitrogens is 6. The van der Waals surface area contributed by atoms with Gasteiger partial charge in [0, 0.05) is 56.9 Å². The van der Waals surface area contributed by atoms with Gasteiger partial charge in [-0.05, 0) is 105 Å². The lowest BCUT2D eigenvalue weighted by atomic mass is 9.79. The molecule has 4 aromatic carbocycles. The maximum absolute atomic E-state index is 12.5. The highest BCUT2D eigenvalue weighted by molar-refractivity contribution is 9.10. The van der Waals surface area contributed by atoms with Gasteiger partial charge in [-0.15, -0.1) is 0 Å². The first-order valence-electron chi connectivity index (χ1n) is 20.3. The number of pyridine rings is 2. The summed E-state index contributed by atoms with van der Waals surface area (Å²) in [7, 11) is 2.83. The number of Topliss-reactive ketones (excluding diaryl/α,β-unsaturated/α-hetero) is 1. The van der Waals surface area contributed by atoms with Gasteiger partial charge in [0.15, 0.2) is 5.78 Å². The van der Waals surface area contributed by atoms with Gasteiger partial charge in [-0.1, -0.05) is 71.9 Å². The average Bonchev–Trinajstić information content (AvgIpc) is 3.55. The Labute approximate surface area is 387 Å². The molecule has 0 spiro atoms. The number of nitrogens with zero attached hydrogens (tertiary/aromatic N) is 6. The predicted molar refractivity (Wildman–Crippen MR) is 259 cm³/mol. The van der Waals surface area contributed by atoms with Crippen molar-refractivity contribution in [2.75, 3.05) is 19.5 Å². The van der Waals surface area contributed by atoms with Crippen LogP contribution in [0.4, 0.5) is 5.82 Å². The van der Waals surface area contributed by atoms with E-state index < -0.39 is 7.12 Å². The highest BCUT2D eigenvalue weighted by Gasteiger charge is 2.51. The largest absolute Gasteiger partial charge is 0.494 e. The summed E-state index contributed by atoms with van der Waals surface area (Å²) < 4.78 is 23.6. The molecule has 13 nitrogen and oxygen atoms in total. The number of amides is 1. The summed E-state index contributed by atoms with van der Waals surface area (Å²) in [5, 5.41) is 4.63. The van der Waals surface area contributed by atoms with E-state index in [1.165, 1.54) is 12.7 Å². The Kier molecular flexibility index (Phi) is 15.5. The van der Waals surface area contributed by atoms with E-state index in [0.717, 1.165) is 54.3 Å². The number of methoxy groups -OCH3 is 2. The Morgan fingerprint density at radius 3 is 1.82 bits per heavy atom. The molecule has 8 aromatic rings. The molecule has 0 unspecified atom stereocenters. The van der Waals surface area contributed by atoms with Crippen LogP contribution < -0.4 is 20.3 Å². The zero-order valence-electron chi connectivity index (χ0n) is 36.2. The van der Waals surface area contributed by atoms with Crippen molar-refractivity contribution in [3.8, 4) is 22.6 Å². The molecule has 15 heteroatoms. The molecule has 4 aromatic heterocycles. The monoisotopic (exact) mass is 933 g/mol. The molecule has 9 rings (SSSR count). The molecule has 1 amide bonds. The van der Waals surface area contributed by atoms with E-state index in [4.69, 9.17) is 18.8 Å². The molecule has 0 saturated carbocycles. The highest BCUT2D eigenvalue weighted by atomic mass is 79.9. The number of benzene rings is 4. The molecule has 0 radical (unpaired) electrons. The molecule has 1 N–H and O–H groups in total. The van der Waals surface area contributed by atoms with Gasteiger partial charge in [-0.25, -0.2) is 24.9 Å². The van der Waals surface area contributed by atoms with Crippen molar-refractivity contribution < 1.29 is 28.4 Å². The number of fused-ring (bicyclic) bond motifs is 2. The standard InChI is InChI=1S/C22H17N3O2.C18H21BN2O3.C9H7BrN2O.CH4/c1-27-21-10-9-18(19-13-23-14-25-22(19)21)15-5-7-16(8-6-15)20(26)12-17-4-2-3-11-24-17;1-17(2)18(3,4)24-19(23-17)14-10-8-13(9-11-14)16(22)21-15-7-5-6-12-20-15;1-13-8-3-2-7(10)6-4-11-5-12-9(6)8;/h2-11,13-14H,12H2,1H3;5-12H,1-4H3,(H,20,21,22);2-5H,1H3;1H4. The fourth-order valence-corrected chi connectivity index (χ4v) is 7.07. The fraction of sp³-hybridized carbons (Fsp3) is 0.200. The van der Waals surface area contributed by atoms with E-state index >= 15 is 0 Å². The van der Waals surface area contributed by atoms with Gasteiger partial charge in [-0.3, -0.25) is 14.6 Å². The van der Waals surface area contributed by atoms with Crippen molar-refractivity contribution >= 4 is 67.8 Å². The number of anilines is 1. The van der Waals surface area contributed by atoms with Gasteiger partial charge >= 0.3 is 7.12 Å². The molecular formula is C50H49BBrN7O6. The number of ketones is 1. The number of hydrogen-bond donors (Lipinski definition) is 1. The quantitative estimate of drug-likeness (QED) is 0.108. The first-order valence-corrected chi connectivity index (χ1v) is 21.1. The van der Waals surface area contributed by atoms with Crippen molar-refractivity contribution in [1.82, 2.24) is 29.9 Å². The summed E-state index contributed by atoms with van der Waals surface area (Å²) in [6.45, 7) is 8.06. The molecular weight excluding hydrogens is 885 g/mol. The van der Waals surface area contributed by atoms with Crippen molar-refractivity contribution in [3.05, 3.63) is 168 Å². The number of ether oxygens (including phenoxy) is 2. The molecule has 330 valence electrons. The molecule has 1 fully saturated rings. The van der Waals surface area contributed by atoms with Crippen LogP contribution in [0.3, 0.4) is 0 Å². The summed E-state index contributed by atoms with van der Waals surface area (Å²) >= 11 is 3.42. The molecule has 1 aliphatic rings. The lowest BCUT2D eigenvalue weighted by Crippen LogP contribution is -2.41. The van der Waals surface area contributed by atoms with Gasteiger partial charge in [0.05, 0.1) is 31.8 Å². The minimum absolute atomic E-state index is 0. The molecule has 1 saturated heterocycles. The minimum atomic E-state index is -0.428. The number of halogens is 1. The number of carbonyl (C=O) groups excluding carboxylic acids is 2. The number of carbonyl (C=O) groups is 2. The van der Waals surface area contributed by atoms with Crippen molar-refractivity contribution in [2.24, 2.45) is 0 Å². The Morgan fingerprint density at radius 2 is 1.23 bits per heavy atom. The van der Waals surface area contributed by atoms with Crippen LogP contribution in [0.25, 0.3) is 32.9 Å². The van der Waals surface area contributed by atoms with Crippen molar-refractivity contribution in [1.29, 1.82) is 0 Å². The zero-order valence-corrected chi connectivity index (χ0v) is 37.7. The predicted octanol–water partition coefficient (Wildman–Crippen LogP) is 9.80. The molecule has 0 atom stereocenters. The molecule has 0 bridgehead atoms.